The quantitative estimate of drug-likeness (QED) is 0.135. The molecule has 1 aliphatic rings. The van der Waals surface area contributed by atoms with E-state index < -0.39 is 0 Å². The van der Waals surface area contributed by atoms with E-state index in [0.29, 0.717) is 12.8 Å². The summed E-state index contributed by atoms with van der Waals surface area (Å²) in [4.78, 5) is 24.2. The second kappa shape index (κ2) is 17.7. The fourth-order valence-corrected chi connectivity index (χ4v) is 7.17. The third-order valence-corrected chi connectivity index (χ3v) is 9.31. The summed E-state index contributed by atoms with van der Waals surface area (Å²) in [5, 5.41) is 0. The first kappa shape index (κ1) is 33.3. The van der Waals surface area contributed by atoms with Crippen molar-refractivity contribution in [3.63, 3.8) is 0 Å². The molecule has 0 unspecified atom stereocenters. The van der Waals surface area contributed by atoms with Crippen molar-refractivity contribution < 1.29 is 9.59 Å². The molecule has 2 aromatic carbocycles. The molecule has 0 aromatic heterocycles. The summed E-state index contributed by atoms with van der Waals surface area (Å²) in [5.74, 6) is 0.446. The highest BCUT2D eigenvalue weighted by molar-refractivity contribution is 5.84. The Morgan fingerprint density at radius 3 is 1.20 bits per heavy atom. The van der Waals surface area contributed by atoms with Gasteiger partial charge in [-0.15, -0.1) is 0 Å². The maximum absolute atomic E-state index is 12.1. The summed E-state index contributed by atoms with van der Waals surface area (Å²) in [6.45, 7) is 7.97. The first-order chi connectivity index (χ1) is 19.9. The molecule has 0 atom stereocenters. The second-order valence-corrected chi connectivity index (χ2v) is 13.0. The van der Waals surface area contributed by atoms with Gasteiger partial charge < -0.3 is 0 Å². The van der Waals surface area contributed by atoms with Gasteiger partial charge in [0.05, 0.1) is 0 Å². The normalized spacial score (nSPS) is 13.3. The Balaban J connectivity index is 1.87. The summed E-state index contributed by atoms with van der Waals surface area (Å²) in [5.41, 5.74) is 7.85. The van der Waals surface area contributed by atoms with Crippen LogP contribution in [0.2, 0.25) is 0 Å². The maximum atomic E-state index is 12.1. The first-order valence-electron chi connectivity index (χ1n) is 17.2. The van der Waals surface area contributed by atoms with E-state index in [-0.39, 0.29) is 17.0 Å². The van der Waals surface area contributed by atoms with Crippen LogP contribution in [0.1, 0.15) is 166 Å². The van der Waals surface area contributed by atoms with Crippen molar-refractivity contribution in [2.24, 2.45) is 0 Å². The van der Waals surface area contributed by atoms with E-state index >= 15 is 0 Å². The number of carbonyl (C=O) groups excluding carboxylic acids is 2. The number of carbonyl (C=O) groups is 2. The predicted molar refractivity (Wildman–Crippen MR) is 176 cm³/mol. The molecule has 2 heteroatoms. The Hall–Kier alpha value is -2.22. The van der Waals surface area contributed by atoms with E-state index in [0.717, 1.165) is 24.0 Å². The number of hydrogen-bond acceptors (Lipinski definition) is 2. The zero-order valence-corrected chi connectivity index (χ0v) is 26.9. The maximum Gasteiger partial charge on any atom is 0.134 e. The van der Waals surface area contributed by atoms with Crippen molar-refractivity contribution in [2.75, 3.05) is 0 Å². The van der Waals surface area contributed by atoms with Crippen molar-refractivity contribution in [3.8, 4) is 11.1 Å². The molecule has 0 amide bonds. The van der Waals surface area contributed by atoms with Gasteiger partial charge in [-0.05, 0) is 60.1 Å². The number of ketones is 2. The summed E-state index contributed by atoms with van der Waals surface area (Å²) in [6.07, 6.45) is 24.5. The van der Waals surface area contributed by atoms with Crippen molar-refractivity contribution in [1.29, 1.82) is 0 Å². The molecule has 0 heterocycles. The molecule has 0 saturated carbocycles. The highest BCUT2D eigenvalue weighted by Gasteiger charge is 2.42. The minimum absolute atomic E-state index is 0.0192. The summed E-state index contributed by atoms with van der Waals surface area (Å²) >= 11 is 0. The van der Waals surface area contributed by atoms with Gasteiger partial charge in [-0.1, -0.05) is 153 Å². The van der Waals surface area contributed by atoms with Crippen LogP contribution < -0.4 is 0 Å². The fourth-order valence-electron chi connectivity index (χ4n) is 7.17. The molecule has 0 saturated heterocycles. The SMILES string of the molecule is CCCCCCCCCCC1(CCCCCCCCCC)c2cc(CC(C)=O)ccc2-c2ccc(CC(C)=O)cc21. The van der Waals surface area contributed by atoms with Crippen LogP contribution in [0, 0.1) is 0 Å². The van der Waals surface area contributed by atoms with Gasteiger partial charge in [-0.3, -0.25) is 9.59 Å². The molecule has 2 nitrogen and oxygen atoms in total. The summed E-state index contributed by atoms with van der Waals surface area (Å²) in [6, 6.07) is 13.6. The minimum Gasteiger partial charge on any atom is -0.300 e. The molecule has 0 radical (unpaired) electrons. The largest absolute Gasteiger partial charge is 0.300 e. The van der Waals surface area contributed by atoms with E-state index in [4.69, 9.17) is 0 Å². The van der Waals surface area contributed by atoms with Crippen LogP contribution in [-0.2, 0) is 27.8 Å². The van der Waals surface area contributed by atoms with Crippen LogP contribution in [0.4, 0.5) is 0 Å². The standard InChI is InChI=1S/C39H58O2/c1-5-7-9-11-13-15-17-19-25-39(26-20-18-16-14-12-10-8-6-2)37-29-33(27-31(3)40)21-23-35(37)36-24-22-34(28-32(4)41)30-38(36)39/h21-24,29-30H,5-20,25-28H2,1-4H3. The Labute approximate surface area is 252 Å². The van der Waals surface area contributed by atoms with Crippen LogP contribution >= 0.6 is 0 Å². The van der Waals surface area contributed by atoms with Crippen LogP contribution in [0.15, 0.2) is 36.4 Å². The molecule has 0 aliphatic heterocycles. The molecule has 0 N–H and O–H groups in total. The van der Waals surface area contributed by atoms with Gasteiger partial charge in [-0.2, -0.15) is 0 Å². The molecule has 41 heavy (non-hydrogen) atoms. The lowest BCUT2D eigenvalue weighted by molar-refractivity contribution is -0.117. The molecular weight excluding hydrogens is 500 g/mol. The third kappa shape index (κ3) is 9.93. The van der Waals surface area contributed by atoms with Gasteiger partial charge in [-0.25, -0.2) is 0 Å². The molecule has 0 spiro atoms. The highest BCUT2D eigenvalue weighted by atomic mass is 16.1. The molecule has 3 rings (SSSR count). The van der Waals surface area contributed by atoms with E-state index in [2.05, 4.69) is 50.2 Å². The molecule has 1 aliphatic carbocycles. The van der Waals surface area contributed by atoms with E-state index in [1.165, 1.54) is 125 Å². The topological polar surface area (TPSA) is 34.1 Å². The lowest BCUT2D eigenvalue weighted by Gasteiger charge is -2.33. The fraction of sp³-hybridized carbons (Fsp3) is 0.641. The summed E-state index contributed by atoms with van der Waals surface area (Å²) in [7, 11) is 0. The van der Waals surface area contributed by atoms with Gasteiger partial charge >= 0.3 is 0 Å². The van der Waals surface area contributed by atoms with Gasteiger partial charge in [0.1, 0.15) is 11.6 Å². The van der Waals surface area contributed by atoms with Gasteiger partial charge in [0.25, 0.3) is 0 Å². The van der Waals surface area contributed by atoms with E-state index in [1.807, 2.05) is 0 Å². The number of unbranched alkanes of at least 4 members (excludes halogenated alkanes) is 14. The summed E-state index contributed by atoms with van der Waals surface area (Å²) < 4.78 is 0. The Bertz CT molecular complexity index is 1010. The van der Waals surface area contributed by atoms with Crippen LogP contribution in [0.25, 0.3) is 11.1 Å². The smallest absolute Gasteiger partial charge is 0.134 e. The zero-order valence-electron chi connectivity index (χ0n) is 26.9. The Kier molecular flexibility index (Phi) is 14.3. The Morgan fingerprint density at radius 2 is 0.854 bits per heavy atom. The van der Waals surface area contributed by atoms with Crippen molar-refractivity contribution in [3.05, 3.63) is 58.7 Å². The number of hydrogen-bond donors (Lipinski definition) is 0. The predicted octanol–water partition coefficient (Wildman–Crippen LogP) is 11.3. The Morgan fingerprint density at radius 1 is 0.512 bits per heavy atom. The molecule has 226 valence electrons. The lowest BCUT2D eigenvalue weighted by atomic mass is 9.70. The van der Waals surface area contributed by atoms with Gasteiger partial charge in [0.2, 0.25) is 0 Å². The molecule has 2 aromatic rings. The average molecular weight is 559 g/mol. The van der Waals surface area contributed by atoms with Crippen LogP contribution in [0.5, 0.6) is 0 Å². The number of rotatable bonds is 22. The lowest BCUT2D eigenvalue weighted by Crippen LogP contribution is -2.26. The minimum atomic E-state index is -0.0192. The number of Topliss-reactive ketones (excluding diaryl/α,β-unsaturated/α-hetero) is 2. The molecule has 0 bridgehead atoms. The molecule has 0 fully saturated rings. The average Bonchev–Trinajstić information content (AvgIpc) is 3.19. The van der Waals surface area contributed by atoms with Crippen LogP contribution in [0.3, 0.4) is 0 Å². The van der Waals surface area contributed by atoms with Gasteiger partial charge in [0, 0.05) is 18.3 Å². The van der Waals surface area contributed by atoms with Crippen molar-refractivity contribution >= 4 is 11.6 Å². The third-order valence-electron chi connectivity index (χ3n) is 9.31. The monoisotopic (exact) mass is 558 g/mol. The number of benzene rings is 2. The van der Waals surface area contributed by atoms with Crippen LogP contribution in [-0.4, -0.2) is 11.6 Å². The van der Waals surface area contributed by atoms with Crippen molar-refractivity contribution in [1.82, 2.24) is 0 Å². The molecular formula is C39H58O2. The number of fused-ring (bicyclic) bond motifs is 3. The second-order valence-electron chi connectivity index (χ2n) is 13.0. The van der Waals surface area contributed by atoms with E-state index in [1.54, 1.807) is 13.8 Å². The first-order valence-corrected chi connectivity index (χ1v) is 17.2. The van der Waals surface area contributed by atoms with Crippen molar-refractivity contribution in [2.45, 2.75) is 162 Å². The highest BCUT2D eigenvalue weighted by Crippen LogP contribution is 2.54. The van der Waals surface area contributed by atoms with E-state index in [9.17, 15) is 9.59 Å². The zero-order chi connectivity index (χ0) is 29.5. The van der Waals surface area contributed by atoms with Gasteiger partial charge in [0.15, 0.2) is 0 Å².